The van der Waals surface area contributed by atoms with Crippen molar-refractivity contribution in [2.45, 2.75) is 26.2 Å². The third kappa shape index (κ3) is 4.76. The summed E-state index contributed by atoms with van der Waals surface area (Å²) in [6.45, 7) is 7.51. The number of nitrogens with zero attached hydrogens (tertiary/aromatic N) is 2. The van der Waals surface area contributed by atoms with Crippen LogP contribution in [-0.2, 0) is 10.2 Å². The van der Waals surface area contributed by atoms with E-state index in [1.165, 1.54) is 12.4 Å². The number of carbonyl (C=O) groups excluding carboxylic acids is 1. The molecule has 1 aromatic heterocycles. The van der Waals surface area contributed by atoms with E-state index in [9.17, 15) is 4.79 Å². The highest BCUT2D eigenvalue weighted by Crippen LogP contribution is 2.29. The van der Waals surface area contributed by atoms with Gasteiger partial charge in [0.05, 0.1) is 12.2 Å². The van der Waals surface area contributed by atoms with Crippen molar-refractivity contribution in [2.24, 2.45) is 0 Å². The Morgan fingerprint density at radius 2 is 1.83 bits per heavy atom. The number of hydrogen-bond acceptors (Lipinski definition) is 5. The molecule has 0 aliphatic rings. The van der Waals surface area contributed by atoms with E-state index in [1.807, 2.05) is 24.3 Å². The fraction of sp³-hybridized carbons (Fsp3) is 0.389. The Hall–Kier alpha value is -2.47. The van der Waals surface area contributed by atoms with Crippen LogP contribution in [0.1, 0.15) is 36.7 Å². The first kappa shape index (κ1) is 17.9. The summed E-state index contributed by atoms with van der Waals surface area (Å²) in [5, 5.41) is 5.96. The standard InChI is InChI=1S/C18H24N4O2/c1-18(2,3)14-7-5-6-8-15(14)22-16(23)13-11-20-17(21-12-13)19-9-10-24-4/h5-8,11-12H,9-10H2,1-4H3,(H,22,23)(H,19,20,21). The Morgan fingerprint density at radius 3 is 2.46 bits per heavy atom. The predicted molar refractivity (Wildman–Crippen MR) is 95.5 cm³/mol. The fourth-order valence-electron chi connectivity index (χ4n) is 2.24. The van der Waals surface area contributed by atoms with Crippen LogP contribution in [-0.4, -0.2) is 36.1 Å². The van der Waals surface area contributed by atoms with E-state index in [2.05, 4.69) is 41.4 Å². The summed E-state index contributed by atoms with van der Waals surface area (Å²) in [6, 6.07) is 7.80. The van der Waals surface area contributed by atoms with Gasteiger partial charge in [0.1, 0.15) is 0 Å². The topological polar surface area (TPSA) is 76.1 Å². The fourth-order valence-corrected chi connectivity index (χ4v) is 2.24. The van der Waals surface area contributed by atoms with Crippen LogP contribution in [0.3, 0.4) is 0 Å². The molecule has 0 unspecified atom stereocenters. The van der Waals surface area contributed by atoms with Gasteiger partial charge in [-0.25, -0.2) is 9.97 Å². The number of methoxy groups -OCH3 is 1. The molecule has 1 amide bonds. The van der Waals surface area contributed by atoms with Gasteiger partial charge in [-0.05, 0) is 17.0 Å². The van der Waals surface area contributed by atoms with Crippen LogP contribution >= 0.6 is 0 Å². The van der Waals surface area contributed by atoms with Gasteiger partial charge < -0.3 is 15.4 Å². The maximum Gasteiger partial charge on any atom is 0.258 e. The van der Waals surface area contributed by atoms with Crippen molar-refractivity contribution in [2.75, 3.05) is 30.9 Å². The number of carbonyl (C=O) groups is 1. The zero-order valence-electron chi connectivity index (χ0n) is 14.6. The summed E-state index contributed by atoms with van der Waals surface area (Å²) in [7, 11) is 1.63. The van der Waals surface area contributed by atoms with Gasteiger partial charge in [0.2, 0.25) is 5.95 Å². The number of rotatable bonds is 6. The third-order valence-electron chi connectivity index (χ3n) is 3.49. The summed E-state index contributed by atoms with van der Waals surface area (Å²) in [4.78, 5) is 20.7. The molecule has 6 heteroatoms. The molecule has 2 N–H and O–H groups in total. The number of hydrogen-bond donors (Lipinski definition) is 2. The lowest BCUT2D eigenvalue weighted by Crippen LogP contribution is -2.19. The van der Waals surface area contributed by atoms with Crippen LogP contribution < -0.4 is 10.6 Å². The molecule has 2 rings (SSSR count). The van der Waals surface area contributed by atoms with Gasteiger partial charge in [-0.15, -0.1) is 0 Å². The maximum atomic E-state index is 12.4. The second kappa shape index (κ2) is 7.88. The van der Waals surface area contributed by atoms with Crippen molar-refractivity contribution >= 4 is 17.5 Å². The minimum Gasteiger partial charge on any atom is -0.383 e. The molecule has 0 atom stereocenters. The van der Waals surface area contributed by atoms with E-state index < -0.39 is 0 Å². The SMILES string of the molecule is COCCNc1ncc(C(=O)Nc2ccccc2C(C)(C)C)cn1. The molecule has 0 saturated carbocycles. The number of ether oxygens (including phenoxy) is 1. The molecular formula is C18H24N4O2. The van der Waals surface area contributed by atoms with E-state index in [1.54, 1.807) is 7.11 Å². The van der Waals surface area contributed by atoms with Crippen molar-refractivity contribution in [3.05, 3.63) is 47.8 Å². The van der Waals surface area contributed by atoms with E-state index >= 15 is 0 Å². The average Bonchev–Trinajstić information content (AvgIpc) is 2.55. The first-order chi connectivity index (χ1) is 11.4. The monoisotopic (exact) mass is 328 g/mol. The number of benzene rings is 1. The van der Waals surface area contributed by atoms with Gasteiger partial charge >= 0.3 is 0 Å². The molecule has 6 nitrogen and oxygen atoms in total. The molecule has 0 fully saturated rings. The first-order valence-corrected chi connectivity index (χ1v) is 7.87. The van der Waals surface area contributed by atoms with Crippen molar-refractivity contribution in [3.8, 4) is 0 Å². The Bertz CT molecular complexity index is 678. The molecular weight excluding hydrogens is 304 g/mol. The smallest absolute Gasteiger partial charge is 0.258 e. The Balaban J connectivity index is 2.08. The minimum atomic E-state index is -0.227. The molecule has 1 aromatic carbocycles. The van der Waals surface area contributed by atoms with Gasteiger partial charge in [-0.2, -0.15) is 0 Å². The Kier molecular flexibility index (Phi) is 5.87. The first-order valence-electron chi connectivity index (χ1n) is 7.87. The van der Waals surface area contributed by atoms with Crippen LogP contribution in [0.2, 0.25) is 0 Å². The molecule has 0 spiro atoms. The zero-order chi connectivity index (χ0) is 17.6. The molecule has 0 aliphatic heterocycles. The highest BCUT2D eigenvalue weighted by Gasteiger charge is 2.19. The maximum absolute atomic E-state index is 12.4. The third-order valence-corrected chi connectivity index (χ3v) is 3.49. The molecule has 24 heavy (non-hydrogen) atoms. The van der Waals surface area contributed by atoms with Crippen molar-refractivity contribution < 1.29 is 9.53 Å². The molecule has 1 heterocycles. The lowest BCUT2D eigenvalue weighted by Gasteiger charge is -2.22. The number of amides is 1. The highest BCUT2D eigenvalue weighted by atomic mass is 16.5. The zero-order valence-corrected chi connectivity index (χ0v) is 14.6. The number of nitrogens with one attached hydrogen (secondary N) is 2. The van der Waals surface area contributed by atoms with Crippen LogP contribution in [0.5, 0.6) is 0 Å². The summed E-state index contributed by atoms with van der Waals surface area (Å²) >= 11 is 0. The van der Waals surface area contributed by atoms with E-state index in [0.29, 0.717) is 24.7 Å². The van der Waals surface area contributed by atoms with Gasteiger partial charge in [0.15, 0.2) is 0 Å². The quantitative estimate of drug-likeness (QED) is 0.797. The van der Waals surface area contributed by atoms with Gasteiger partial charge in [-0.3, -0.25) is 4.79 Å². The predicted octanol–water partition coefficient (Wildman–Crippen LogP) is 3.08. The van der Waals surface area contributed by atoms with Gasteiger partial charge in [-0.1, -0.05) is 39.0 Å². The molecule has 128 valence electrons. The van der Waals surface area contributed by atoms with Gasteiger partial charge in [0.25, 0.3) is 5.91 Å². The Labute approximate surface area is 142 Å². The van der Waals surface area contributed by atoms with Crippen molar-refractivity contribution in [1.82, 2.24) is 9.97 Å². The lowest BCUT2D eigenvalue weighted by atomic mass is 9.86. The molecule has 0 aliphatic carbocycles. The van der Waals surface area contributed by atoms with Crippen LogP contribution in [0.4, 0.5) is 11.6 Å². The number of aromatic nitrogens is 2. The summed E-state index contributed by atoms with van der Waals surface area (Å²) in [5.74, 6) is 0.244. The van der Waals surface area contributed by atoms with E-state index in [-0.39, 0.29) is 11.3 Å². The Morgan fingerprint density at radius 1 is 1.17 bits per heavy atom. The summed E-state index contributed by atoms with van der Waals surface area (Å²) < 4.78 is 4.95. The minimum absolute atomic E-state index is 0.0600. The molecule has 0 saturated heterocycles. The van der Waals surface area contributed by atoms with Crippen LogP contribution in [0.25, 0.3) is 0 Å². The molecule has 0 radical (unpaired) electrons. The largest absolute Gasteiger partial charge is 0.383 e. The van der Waals surface area contributed by atoms with Gasteiger partial charge in [0, 0.05) is 31.7 Å². The van der Waals surface area contributed by atoms with E-state index in [4.69, 9.17) is 4.74 Å². The van der Waals surface area contributed by atoms with Crippen LogP contribution in [0.15, 0.2) is 36.7 Å². The van der Waals surface area contributed by atoms with Crippen molar-refractivity contribution in [3.63, 3.8) is 0 Å². The highest BCUT2D eigenvalue weighted by molar-refractivity contribution is 6.04. The summed E-state index contributed by atoms with van der Waals surface area (Å²) in [6.07, 6.45) is 3.02. The average molecular weight is 328 g/mol. The number of anilines is 2. The van der Waals surface area contributed by atoms with Crippen molar-refractivity contribution in [1.29, 1.82) is 0 Å². The molecule has 2 aromatic rings. The lowest BCUT2D eigenvalue weighted by molar-refractivity contribution is 0.102. The normalized spacial score (nSPS) is 11.2. The van der Waals surface area contributed by atoms with Crippen LogP contribution in [0, 0.1) is 0 Å². The second-order valence-electron chi connectivity index (χ2n) is 6.46. The summed E-state index contributed by atoms with van der Waals surface area (Å²) in [5.41, 5.74) is 2.24. The van der Waals surface area contributed by atoms with E-state index in [0.717, 1.165) is 11.3 Å². The molecule has 0 bridgehead atoms. The second-order valence-corrected chi connectivity index (χ2v) is 6.46. The number of para-hydroxylation sites is 1.